The van der Waals surface area contributed by atoms with E-state index in [0.717, 1.165) is 25.1 Å². The number of hydrogen-bond acceptors (Lipinski definition) is 2. The van der Waals surface area contributed by atoms with Crippen LogP contribution in [0, 0.1) is 11.7 Å². The summed E-state index contributed by atoms with van der Waals surface area (Å²) in [4.78, 5) is 18.5. The minimum Gasteiger partial charge on any atom is -0.357 e. The maximum absolute atomic E-state index is 13.2. The van der Waals surface area contributed by atoms with Gasteiger partial charge in [-0.15, -0.1) is 0 Å². The van der Waals surface area contributed by atoms with E-state index < -0.39 is 0 Å². The van der Waals surface area contributed by atoms with Crippen molar-refractivity contribution in [2.45, 2.75) is 39.8 Å². The first kappa shape index (κ1) is 18.2. The van der Waals surface area contributed by atoms with Crippen LogP contribution in [0.3, 0.4) is 0 Å². The van der Waals surface area contributed by atoms with Crippen LogP contribution in [0.4, 0.5) is 4.39 Å². The Morgan fingerprint density at radius 3 is 2.92 bits per heavy atom. The zero-order chi connectivity index (χ0) is 17.5. The summed E-state index contributed by atoms with van der Waals surface area (Å²) in [6.07, 6.45) is 0.906. The largest absolute Gasteiger partial charge is 0.357 e. The summed E-state index contributed by atoms with van der Waals surface area (Å²) in [5.74, 6) is 0.671. The number of halogens is 1. The van der Waals surface area contributed by atoms with Crippen LogP contribution >= 0.6 is 0 Å². The van der Waals surface area contributed by atoms with Gasteiger partial charge in [-0.1, -0.05) is 26.0 Å². The normalized spacial score (nSPS) is 18.1. The molecule has 1 unspecified atom stereocenters. The Morgan fingerprint density at radius 1 is 1.46 bits per heavy atom. The number of aliphatic imine (C=N–C) groups is 1. The SMILES string of the molecule is CCNC(=NCc1cccc(F)c1)NC1CCN(C(=O)C(C)C)C1. The quantitative estimate of drug-likeness (QED) is 0.641. The highest BCUT2D eigenvalue weighted by Gasteiger charge is 2.27. The number of hydrogen-bond donors (Lipinski definition) is 2. The van der Waals surface area contributed by atoms with Crippen molar-refractivity contribution in [1.29, 1.82) is 0 Å². The van der Waals surface area contributed by atoms with Crippen molar-refractivity contribution in [3.8, 4) is 0 Å². The number of carbonyl (C=O) groups excluding carboxylic acids is 1. The van der Waals surface area contributed by atoms with Crippen LogP contribution in [0.1, 0.15) is 32.8 Å². The van der Waals surface area contributed by atoms with Crippen molar-refractivity contribution in [2.24, 2.45) is 10.9 Å². The summed E-state index contributed by atoms with van der Waals surface area (Å²) in [5, 5.41) is 6.58. The number of rotatable bonds is 5. The zero-order valence-corrected chi connectivity index (χ0v) is 14.7. The molecule has 0 spiro atoms. The third-order valence-corrected chi connectivity index (χ3v) is 3.99. The lowest BCUT2D eigenvalue weighted by Crippen LogP contribution is -2.45. The van der Waals surface area contributed by atoms with Crippen molar-refractivity contribution in [3.63, 3.8) is 0 Å². The number of guanidine groups is 1. The van der Waals surface area contributed by atoms with Gasteiger partial charge < -0.3 is 15.5 Å². The van der Waals surface area contributed by atoms with E-state index in [1.807, 2.05) is 31.7 Å². The maximum Gasteiger partial charge on any atom is 0.225 e. The molecule has 2 N–H and O–H groups in total. The van der Waals surface area contributed by atoms with Gasteiger partial charge in [-0.3, -0.25) is 4.79 Å². The highest BCUT2D eigenvalue weighted by Crippen LogP contribution is 2.13. The first-order chi connectivity index (χ1) is 11.5. The Bertz CT molecular complexity index is 588. The van der Waals surface area contributed by atoms with Gasteiger partial charge in [-0.05, 0) is 31.0 Å². The second-order valence-corrected chi connectivity index (χ2v) is 6.39. The van der Waals surface area contributed by atoms with E-state index in [4.69, 9.17) is 0 Å². The number of carbonyl (C=O) groups is 1. The Kier molecular flexibility index (Phi) is 6.58. The first-order valence-corrected chi connectivity index (χ1v) is 8.57. The smallest absolute Gasteiger partial charge is 0.225 e. The van der Waals surface area contributed by atoms with Crippen LogP contribution in [0.25, 0.3) is 0 Å². The molecule has 0 aromatic heterocycles. The molecule has 0 bridgehead atoms. The molecule has 1 heterocycles. The van der Waals surface area contributed by atoms with E-state index >= 15 is 0 Å². The van der Waals surface area contributed by atoms with Gasteiger partial charge in [0.15, 0.2) is 5.96 Å². The Hall–Kier alpha value is -2.11. The van der Waals surface area contributed by atoms with Gasteiger partial charge in [0.2, 0.25) is 5.91 Å². The van der Waals surface area contributed by atoms with Gasteiger partial charge in [0.05, 0.1) is 6.54 Å². The van der Waals surface area contributed by atoms with Gasteiger partial charge in [0, 0.05) is 31.6 Å². The standard InChI is InChI=1S/C18H27FN4O/c1-4-20-18(21-11-14-6-5-7-15(19)10-14)22-16-8-9-23(12-16)17(24)13(2)3/h5-7,10,13,16H,4,8-9,11-12H2,1-3H3,(H2,20,21,22). The molecule has 132 valence electrons. The summed E-state index contributed by atoms with van der Waals surface area (Å²) in [5.41, 5.74) is 0.829. The number of benzene rings is 1. The van der Waals surface area contributed by atoms with Crippen LogP contribution < -0.4 is 10.6 Å². The Morgan fingerprint density at radius 2 is 2.25 bits per heavy atom. The maximum atomic E-state index is 13.2. The lowest BCUT2D eigenvalue weighted by molar-refractivity contribution is -0.133. The van der Waals surface area contributed by atoms with Gasteiger partial charge >= 0.3 is 0 Å². The van der Waals surface area contributed by atoms with Gasteiger partial charge in [-0.25, -0.2) is 9.38 Å². The fourth-order valence-corrected chi connectivity index (χ4v) is 2.76. The highest BCUT2D eigenvalue weighted by molar-refractivity contribution is 5.81. The van der Waals surface area contributed by atoms with Crippen LogP contribution in [0.15, 0.2) is 29.3 Å². The molecule has 1 aromatic carbocycles. The molecule has 5 nitrogen and oxygen atoms in total. The average Bonchev–Trinajstić information content (AvgIpc) is 3.00. The molecule has 1 saturated heterocycles. The predicted molar refractivity (Wildman–Crippen MR) is 94.2 cm³/mol. The van der Waals surface area contributed by atoms with Crippen LogP contribution in [-0.2, 0) is 11.3 Å². The third-order valence-electron chi connectivity index (χ3n) is 3.99. The van der Waals surface area contributed by atoms with Crippen molar-refractivity contribution in [2.75, 3.05) is 19.6 Å². The summed E-state index contributed by atoms with van der Waals surface area (Å²) in [6.45, 7) is 8.48. The number of nitrogens with zero attached hydrogens (tertiary/aromatic N) is 2. The molecule has 0 saturated carbocycles. The fraction of sp³-hybridized carbons (Fsp3) is 0.556. The van der Waals surface area contributed by atoms with E-state index in [1.54, 1.807) is 6.07 Å². The van der Waals surface area contributed by atoms with E-state index in [0.29, 0.717) is 19.0 Å². The fourth-order valence-electron chi connectivity index (χ4n) is 2.76. The lowest BCUT2D eigenvalue weighted by atomic mass is 10.2. The number of amides is 1. The number of nitrogens with one attached hydrogen (secondary N) is 2. The predicted octanol–water partition coefficient (Wildman–Crippen LogP) is 2.14. The molecule has 2 rings (SSSR count). The average molecular weight is 334 g/mol. The third kappa shape index (κ3) is 5.22. The lowest BCUT2D eigenvalue weighted by Gasteiger charge is -2.20. The summed E-state index contributed by atoms with van der Waals surface area (Å²) in [6, 6.07) is 6.65. The van der Waals surface area contributed by atoms with Crippen molar-refractivity contribution < 1.29 is 9.18 Å². The molecule has 0 aliphatic carbocycles. The van der Waals surface area contributed by atoms with E-state index in [-0.39, 0.29) is 23.7 Å². The Balaban J connectivity index is 1.94. The minimum absolute atomic E-state index is 0.0265. The van der Waals surface area contributed by atoms with Crippen molar-refractivity contribution >= 4 is 11.9 Å². The van der Waals surface area contributed by atoms with Gasteiger partial charge in [0.25, 0.3) is 0 Å². The van der Waals surface area contributed by atoms with E-state index in [9.17, 15) is 9.18 Å². The van der Waals surface area contributed by atoms with Crippen LogP contribution in [0.5, 0.6) is 0 Å². The van der Waals surface area contributed by atoms with Crippen molar-refractivity contribution in [1.82, 2.24) is 15.5 Å². The van der Waals surface area contributed by atoms with Crippen LogP contribution in [0.2, 0.25) is 0 Å². The second-order valence-electron chi connectivity index (χ2n) is 6.39. The number of likely N-dealkylation sites (tertiary alicyclic amines) is 1. The molecule has 1 amide bonds. The topological polar surface area (TPSA) is 56.7 Å². The molecular formula is C18H27FN4O. The van der Waals surface area contributed by atoms with Crippen molar-refractivity contribution in [3.05, 3.63) is 35.6 Å². The van der Waals surface area contributed by atoms with Crippen LogP contribution in [-0.4, -0.2) is 42.4 Å². The Labute approximate surface area is 143 Å². The molecule has 1 aliphatic heterocycles. The molecule has 1 aliphatic rings. The zero-order valence-electron chi connectivity index (χ0n) is 14.7. The van der Waals surface area contributed by atoms with Gasteiger partial charge in [-0.2, -0.15) is 0 Å². The monoisotopic (exact) mass is 334 g/mol. The molecule has 24 heavy (non-hydrogen) atoms. The summed E-state index contributed by atoms with van der Waals surface area (Å²) >= 11 is 0. The molecule has 6 heteroatoms. The summed E-state index contributed by atoms with van der Waals surface area (Å²) < 4.78 is 13.2. The molecular weight excluding hydrogens is 307 g/mol. The molecule has 1 aromatic rings. The highest BCUT2D eigenvalue weighted by atomic mass is 19.1. The molecule has 1 atom stereocenters. The first-order valence-electron chi connectivity index (χ1n) is 8.57. The van der Waals surface area contributed by atoms with E-state index in [1.165, 1.54) is 12.1 Å². The van der Waals surface area contributed by atoms with E-state index in [2.05, 4.69) is 15.6 Å². The molecule has 1 fully saturated rings. The second kappa shape index (κ2) is 8.66. The molecule has 0 radical (unpaired) electrons. The summed E-state index contributed by atoms with van der Waals surface area (Å²) in [7, 11) is 0. The van der Waals surface area contributed by atoms with Gasteiger partial charge in [0.1, 0.15) is 5.82 Å². The minimum atomic E-state index is -0.251.